The quantitative estimate of drug-likeness (QED) is 0.514. The van der Waals surface area contributed by atoms with Crippen molar-refractivity contribution in [1.82, 2.24) is 29.4 Å². The van der Waals surface area contributed by atoms with Gasteiger partial charge in [0.1, 0.15) is 17.9 Å². The molecule has 142 valence electrons. The molecule has 0 aliphatic heterocycles. The number of hydrogen-bond donors (Lipinski definition) is 2. The number of nitrogens with zero attached hydrogens (tertiary/aromatic N) is 4. The molecule has 0 bridgehead atoms. The number of hydrogen-bond acceptors (Lipinski definition) is 4. The number of amides is 2. The van der Waals surface area contributed by atoms with Crippen molar-refractivity contribution in [3.8, 4) is 0 Å². The minimum absolute atomic E-state index is 0.216. The summed E-state index contributed by atoms with van der Waals surface area (Å²) >= 11 is 0. The van der Waals surface area contributed by atoms with Gasteiger partial charge in [0.25, 0.3) is 11.8 Å². The van der Waals surface area contributed by atoms with Crippen LogP contribution >= 0.6 is 0 Å². The van der Waals surface area contributed by atoms with E-state index in [1.54, 1.807) is 54.9 Å². The summed E-state index contributed by atoms with van der Waals surface area (Å²) in [7, 11) is 1.65. The number of imidazole rings is 2. The van der Waals surface area contributed by atoms with E-state index in [9.17, 15) is 14.4 Å². The van der Waals surface area contributed by atoms with Crippen LogP contribution in [0.4, 0.5) is 0 Å². The summed E-state index contributed by atoms with van der Waals surface area (Å²) in [5.41, 5.74) is 7.34. The Hall–Kier alpha value is -3.88. The highest BCUT2D eigenvalue weighted by Crippen LogP contribution is 2.12. The predicted molar refractivity (Wildman–Crippen MR) is 103 cm³/mol. The van der Waals surface area contributed by atoms with E-state index < -0.39 is 11.8 Å². The van der Waals surface area contributed by atoms with Crippen LogP contribution in [0.25, 0.3) is 16.7 Å². The summed E-state index contributed by atoms with van der Waals surface area (Å²) in [6.45, 7) is 1.51. The average molecular weight is 378 g/mol. The zero-order chi connectivity index (χ0) is 19.8. The first-order valence-electron chi connectivity index (χ1n) is 8.64. The number of rotatable bonds is 3. The molecule has 2 N–H and O–H groups in total. The Morgan fingerprint density at radius 1 is 1.04 bits per heavy atom. The van der Waals surface area contributed by atoms with Crippen molar-refractivity contribution < 1.29 is 9.59 Å². The van der Waals surface area contributed by atoms with Crippen LogP contribution in [0.1, 0.15) is 16.2 Å². The van der Waals surface area contributed by atoms with Gasteiger partial charge in [-0.05, 0) is 31.2 Å². The van der Waals surface area contributed by atoms with Gasteiger partial charge in [-0.1, -0.05) is 18.2 Å². The van der Waals surface area contributed by atoms with Gasteiger partial charge in [-0.25, -0.2) is 9.78 Å². The fourth-order valence-electron chi connectivity index (χ4n) is 3.27. The number of carbonyl (C=O) groups is 2. The third kappa shape index (κ3) is 2.82. The zero-order valence-electron chi connectivity index (χ0n) is 15.3. The number of benzene rings is 1. The standard InChI is InChI=1S/C19H18N6O3/c1-12-17(24-10-6-5-9-15(24)20-12)18(27)22-21-16(26)11-25-14-8-4-3-7-13(14)23(2)19(25)28/h3-10H,11H2,1-2H3,(H,21,26)(H,22,27). The third-order valence-electron chi connectivity index (χ3n) is 4.59. The molecule has 2 amide bonds. The lowest BCUT2D eigenvalue weighted by molar-refractivity contribution is -0.122. The van der Waals surface area contributed by atoms with Crippen LogP contribution in [-0.4, -0.2) is 30.3 Å². The number of aryl methyl sites for hydroxylation is 2. The summed E-state index contributed by atoms with van der Waals surface area (Å²) in [5, 5.41) is 0. The highest BCUT2D eigenvalue weighted by molar-refractivity contribution is 5.95. The fourth-order valence-corrected chi connectivity index (χ4v) is 3.27. The summed E-state index contributed by atoms with van der Waals surface area (Å²) in [6.07, 6.45) is 1.72. The smallest absolute Gasteiger partial charge is 0.295 e. The van der Waals surface area contributed by atoms with Crippen molar-refractivity contribution in [2.24, 2.45) is 7.05 Å². The van der Waals surface area contributed by atoms with E-state index in [-0.39, 0.29) is 12.2 Å². The molecule has 28 heavy (non-hydrogen) atoms. The van der Waals surface area contributed by atoms with Crippen LogP contribution in [0.3, 0.4) is 0 Å². The van der Waals surface area contributed by atoms with Gasteiger partial charge in [0.05, 0.1) is 16.7 Å². The number of aromatic nitrogens is 4. The molecule has 3 aromatic heterocycles. The second-order valence-electron chi connectivity index (χ2n) is 6.39. The average Bonchev–Trinajstić information content (AvgIpc) is 3.15. The Labute approximate surface area is 159 Å². The van der Waals surface area contributed by atoms with Gasteiger partial charge in [0.15, 0.2) is 0 Å². The Morgan fingerprint density at radius 2 is 1.75 bits per heavy atom. The van der Waals surface area contributed by atoms with Crippen molar-refractivity contribution in [3.05, 3.63) is 70.5 Å². The van der Waals surface area contributed by atoms with Crippen molar-refractivity contribution >= 4 is 28.5 Å². The Morgan fingerprint density at radius 3 is 2.54 bits per heavy atom. The Kier molecular flexibility index (Phi) is 4.19. The first kappa shape index (κ1) is 17.5. The van der Waals surface area contributed by atoms with E-state index in [1.165, 1.54) is 9.13 Å². The van der Waals surface area contributed by atoms with E-state index in [4.69, 9.17) is 0 Å². The molecule has 9 heteroatoms. The normalized spacial score (nSPS) is 11.1. The molecule has 0 saturated carbocycles. The molecule has 0 unspecified atom stereocenters. The Balaban J connectivity index is 1.51. The van der Waals surface area contributed by atoms with Crippen molar-refractivity contribution in [3.63, 3.8) is 0 Å². The van der Waals surface area contributed by atoms with Gasteiger partial charge in [0, 0.05) is 13.2 Å². The number of hydrazine groups is 1. The molecule has 0 atom stereocenters. The second-order valence-corrected chi connectivity index (χ2v) is 6.39. The summed E-state index contributed by atoms with van der Waals surface area (Å²) in [6, 6.07) is 12.6. The number of fused-ring (bicyclic) bond motifs is 2. The SMILES string of the molecule is Cc1nc2ccccn2c1C(=O)NNC(=O)Cn1c(=O)n(C)c2ccccc21. The van der Waals surface area contributed by atoms with Crippen LogP contribution < -0.4 is 16.5 Å². The third-order valence-corrected chi connectivity index (χ3v) is 4.59. The Bertz CT molecular complexity index is 1280. The molecule has 4 rings (SSSR count). The van der Waals surface area contributed by atoms with Crippen molar-refractivity contribution in [2.75, 3.05) is 0 Å². The summed E-state index contributed by atoms with van der Waals surface area (Å²) < 4.78 is 4.48. The number of para-hydroxylation sites is 2. The number of carbonyl (C=O) groups excluding carboxylic acids is 2. The number of nitrogens with one attached hydrogen (secondary N) is 2. The minimum atomic E-state index is -0.515. The molecular weight excluding hydrogens is 360 g/mol. The molecule has 9 nitrogen and oxygen atoms in total. The fraction of sp³-hybridized carbons (Fsp3) is 0.158. The first-order chi connectivity index (χ1) is 13.5. The maximum atomic E-state index is 12.5. The van der Waals surface area contributed by atoms with E-state index in [0.717, 1.165) is 5.52 Å². The first-order valence-corrected chi connectivity index (χ1v) is 8.64. The second kappa shape index (κ2) is 6.69. The molecule has 0 spiro atoms. The highest BCUT2D eigenvalue weighted by Gasteiger charge is 2.18. The van der Waals surface area contributed by atoms with Gasteiger partial charge in [-0.15, -0.1) is 0 Å². The van der Waals surface area contributed by atoms with Gasteiger partial charge in [0.2, 0.25) is 0 Å². The molecule has 0 aliphatic carbocycles. The van der Waals surface area contributed by atoms with Crippen LogP contribution in [0, 0.1) is 6.92 Å². The van der Waals surface area contributed by atoms with Gasteiger partial charge in [-0.2, -0.15) is 0 Å². The van der Waals surface area contributed by atoms with Crippen LogP contribution in [0.5, 0.6) is 0 Å². The highest BCUT2D eigenvalue weighted by atomic mass is 16.2. The molecular formula is C19H18N6O3. The summed E-state index contributed by atoms with van der Waals surface area (Å²) in [4.78, 5) is 41.5. The maximum absolute atomic E-state index is 12.5. The van der Waals surface area contributed by atoms with E-state index in [2.05, 4.69) is 15.8 Å². The van der Waals surface area contributed by atoms with E-state index in [0.29, 0.717) is 22.6 Å². The topological polar surface area (TPSA) is 102 Å². The van der Waals surface area contributed by atoms with Crippen LogP contribution in [-0.2, 0) is 18.4 Å². The van der Waals surface area contributed by atoms with Gasteiger partial charge < -0.3 is 0 Å². The van der Waals surface area contributed by atoms with E-state index >= 15 is 0 Å². The van der Waals surface area contributed by atoms with Crippen LogP contribution in [0.2, 0.25) is 0 Å². The lowest BCUT2D eigenvalue weighted by Gasteiger charge is -2.08. The molecule has 0 aliphatic rings. The lowest BCUT2D eigenvalue weighted by Crippen LogP contribution is -2.44. The molecule has 1 aromatic carbocycles. The summed E-state index contributed by atoms with van der Waals surface area (Å²) in [5.74, 6) is -1.01. The largest absolute Gasteiger partial charge is 0.329 e. The molecule has 0 saturated heterocycles. The lowest BCUT2D eigenvalue weighted by atomic mass is 10.3. The monoisotopic (exact) mass is 378 g/mol. The molecule has 4 aromatic rings. The maximum Gasteiger partial charge on any atom is 0.329 e. The zero-order valence-corrected chi connectivity index (χ0v) is 15.3. The van der Waals surface area contributed by atoms with Crippen molar-refractivity contribution in [1.29, 1.82) is 0 Å². The molecule has 0 fully saturated rings. The van der Waals surface area contributed by atoms with E-state index in [1.807, 2.05) is 12.1 Å². The van der Waals surface area contributed by atoms with Gasteiger partial charge in [-0.3, -0.25) is 34.0 Å². The van der Waals surface area contributed by atoms with Crippen LogP contribution in [0.15, 0.2) is 53.5 Å². The van der Waals surface area contributed by atoms with Gasteiger partial charge >= 0.3 is 5.69 Å². The molecule has 0 radical (unpaired) electrons. The minimum Gasteiger partial charge on any atom is -0.295 e. The van der Waals surface area contributed by atoms with Crippen molar-refractivity contribution in [2.45, 2.75) is 13.5 Å². The predicted octanol–water partition coefficient (Wildman–Crippen LogP) is 0.757. The number of pyridine rings is 1. The molecule has 3 heterocycles.